The number of unbranched alkanes of at least 4 members (excludes halogenated alkanes) is 3. The van der Waals surface area contributed by atoms with Crippen LogP contribution in [0.2, 0.25) is 0 Å². The number of carbonyl (C=O) groups excluding carboxylic acids is 2. The molecule has 5 atom stereocenters. The third-order valence-corrected chi connectivity index (χ3v) is 4.75. The fourth-order valence-corrected chi connectivity index (χ4v) is 3.13. The van der Waals surface area contributed by atoms with Crippen LogP contribution in [0.3, 0.4) is 0 Å². The zero-order valence-corrected chi connectivity index (χ0v) is 19.2. The molecule has 0 radical (unpaired) electrons. The van der Waals surface area contributed by atoms with E-state index in [1.165, 1.54) is 13.8 Å². The molecule has 0 spiro atoms. The highest BCUT2D eigenvalue weighted by molar-refractivity contribution is 5.66. The first-order valence-electron chi connectivity index (χ1n) is 11.2. The summed E-state index contributed by atoms with van der Waals surface area (Å²) in [4.78, 5) is 23.1. The Morgan fingerprint density at radius 1 is 0.733 bits per heavy atom. The summed E-state index contributed by atoms with van der Waals surface area (Å²) in [7, 11) is 0. The molecule has 1 heterocycles. The van der Waals surface area contributed by atoms with Crippen molar-refractivity contribution in [2.75, 3.05) is 26.4 Å². The summed E-state index contributed by atoms with van der Waals surface area (Å²) >= 11 is 0. The van der Waals surface area contributed by atoms with Gasteiger partial charge in [-0.1, -0.05) is 40.0 Å². The number of hydrogen-bond donors (Lipinski definition) is 0. The molecule has 1 fully saturated rings. The fraction of sp³-hybridized carbons (Fsp3) is 0.909. The molecule has 176 valence electrons. The molecular weight excluding hydrogens is 392 g/mol. The van der Waals surface area contributed by atoms with Crippen LogP contribution in [0.5, 0.6) is 0 Å². The lowest BCUT2D eigenvalue weighted by Gasteiger charge is -2.45. The Balaban J connectivity index is 3.12. The average molecular weight is 433 g/mol. The van der Waals surface area contributed by atoms with E-state index >= 15 is 0 Å². The Hall–Kier alpha value is -1.22. The quantitative estimate of drug-likeness (QED) is 0.287. The molecule has 1 rings (SSSR count). The van der Waals surface area contributed by atoms with Crippen LogP contribution in [-0.2, 0) is 38.0 Å². The van der Waals surface area contributed by atoms with E-state index in [9.17, 15) is 9.59 Å². The smallest absolute Gasteiger partial charge is 0.305 e. The molecule has 1 aliphatic heterocycles. The zero-order valence-electron chi connectivity index (χ0n) is 19.2. The molecule has 1 aliphatic rings. The molecule has 0 saturated carbocycles. The van der Waals surface area contributed by atoms with Crippen LogP contribution in [0.15, 0.2) is 0 Å². The number of ether oxygens (including phenoxy) is 6. The Bertz CT molecular complexity index is 484. The predicted octanol–water partition coefficient (Wildman–Crippen LogP) is 3.39. The normalized spacial score (nSPS) is 26.4. The molecule has 0 N–H and O–H groups in total. The van der Waals surface area contributed by atoms with Gasteiger partial charge in [0.25, 0.3) is 0 Å². The van der Waals surface area contributed by atoms with E-state index in [2.05, 4.69) is 20.8 Å². The van der Waals surface area contributed by atoms with Gasteiger partial charge in [-0.25, -0.2) is 0 Å². The summed E-state index contributed by atoms with van der Waals surface area (Å²) in [5, 5.41) is 0. The lowest BCUT2D eigenvalue weighted by molar-refractivity contribution is -0.314. The minimum absolute atomic E-state index is 0.0147. The van der Waals surface area contributed by atoms with E-state index in [4.69, 9.17) is 28.4 Å². The molecule has 0 aromatic rings. The predicted molar refractivity (Wildman–Crippen MR) is 111 cm³/mol. The Morgan fingerprint density at radius 3 is 1.70 bits per heavy atom. The summed E-state index contributed by atoms with van der Waals surface area (Å²) in [6.45, 7) is 10.4. The molecule has 1 saturated heterocycles. The van der Waals surface area contributed by atoms with Crippen LogP contribution < -0.4 is 0 Å². The van der Waals surface area contributed by atoms with Gasteiger partial charge in [-0.2, -0.15) is 0 Å². The van der Waals surface area contributed by atoms with Crippen molar-refractivity contribution in [1.82, 2.24) is 0 Å². The van der Waals surface area contributed by atoms with Crippen LogP contribution in [0.1, 0.15) is 73.1 Å². The lowest BCUT2D eigenvalue weighted by Crippen LogP contribution is -2.62. The molecule has 8 heteroatoms. The molecule has 30 heavy (non-hydrogen) atoms. The monoisotopic (exact) mass is 432 g/mol. The summed E-state index contributed by atoms with van der Waals surface area (Å²) in [6, 6.07) is 0. The van der Waals surface area contributed by atoms with E-state index < -0.39 is 42.6 Å². The van der Waals surface area contributed by atoms with Crippen LogP contribution in [0.25, 0.3) is 0 Å². The van der Waals surface area contributed by atoms with Crippen molar-refractivity contribution in [2.24, 2.45) is 0 Å². The van der Waals surface area contributed by atoms with Crippen molar-refractivity contribution >= 4 is 11.9 Å². The van der Waals surface area contributed by atoms with Gasteiger partial charge in [0.05, 0.1) is 0 Å². The van der Waals surface area contributed by atoms with Gasteiger partial charge in [-0.05, 0) is 19.3 Å². The highest BCUT2D eigenvalue weighted by atomic mass is 16.7. The van der Waals surface area contributed by atoms with E-state index in [0.717, 1.165) is 38.5 Å². The van der Waals surface area contributed by atoms with Gasteiger partial charge in [0.15, 0.2) is 0 Å². The van der Waals surface area contributed by atoms with Gasteiger partial charge in [-0.15, -0.1) is 0 Å². The van der Waals surface area contributed by atoms with Gasteiger partial charge < -0.3 is 28.4 Å². The van der Waals surface area contributed by atoms with Crippen molar-refractivity contribution in [1.29, 1.82) is 0 Å². The minimum atomic E-state index is -0.961. The second kappa shape index (κ2) is 15.6. The van der Waals surface area contributed by atoms with Gasteiger partial charge in [0.1, 0.15) is 31.0 Å². The van der Waals surface area contributed by atoms with Crippen LogP contribution in [0.4, 0.5) is 0 Å². The molecule has 0 bridgehead atoms. The third kappa shape index (κ3) is 9.73. The summed E-state index contributed by atoms with van der Waals surface area (Å²) in [5.41, 5.74) is 0. The van der Waals surface area contributed by atoms with Crippen molar-refractivity contribution in [3.8, 4) is 0 Å². The van der Waals surface area contributed by atoms with E-state index in [1.807, 2.05) is 0 Å². The van der Waals surface area contributed by atoms with Crippen molar-refractivity contribution < 1.29 is 38.0 Å². The Kier molecular flexibility index (Phi) is 13.9. The maximum atomic E-state index is 11.7. The molecule has 0 aliphatic carbocycles. The zero-order chi connectivity index (χ0) is 22.4. The van der Waals surface area contributed by atoms with Gasteiger partial charge in [0.2, 0.25) is 6.29 Å². The average Bonchev–Trinajstić information content (AvgIpc) is 2.69. The molecule has 8 nitrogen and oxygen atoms in total. The summed E-state index contributed by atoms with van der Waals surface area (Å²) in [5.74, 6) is -0.896. The molecule has 2 unspecified atom stereocenters. The highest BCUT2D eigenvalue weighted by Crippen LogP contribution is 2.30. The number of rotatable bonds is 15. The lowest BCUT2D eigenvalue weighted by atomic mass is 9.98. The first-order valence-corrected chi connectivity index (χ1v) is 11.2. The van der Waals surface area contributed by atoms with Gasteiger partial charge in [0, 0.05) is 33.7 Å². The highest BCUT2D eigenvalue weighted by Gasteiger charge is 2.50. The number of carbonyl (C=O) groups is 2. The molecule has 0 amide bonds. The fourth-order valence-electron chi connectivity index (χ4n) is 3.13. The van der Waals surface area contributed by atoms with Gasteiger partial charge >= 0.3 is 11.9 Å². The topological polar surface area (TPSA) is 89.5 Å². The van der Waals surface area contributed by atoms with Crippen LogP contribution in [0, 0.1) is 0 Å². The summed E-state index contributed by atoms with van der Waals surface area (Å²) in [6.07, 6.45) is 2.33. The molecular formula is C22H40O8. The molecule has 0 aromatic heterocycles. The second-order valence-corrected chi connectivity index (χ2v) is 7.52. The minimum Gasteiger partial charge on any atom is -0.463 e. The summed E-state index contributed by atoms with van der Waals surface area (Å²) < 4.78 is 35.1. The van der Waals surface area contributed by atoms with Crippen molar-refractivity contribution in [3.63, 3.8) is 0 Å². The van der Waals surface area contributed by atoms with Gasteiger partial charge in [-0.3, -0.25) is 9.59 Å². The van der Waals surface area contributed by atoms with Crippen molar-refractivity contribution in [3.05, 3.63) is 0 Å². The maximum Gasteiger partial charge on any atom is 0.305 e. The molecule has 0 aromatic carbocycles. The first-order chi connectivity index (χ1) is 14.4. The standard InChI is InChI=1S/C22H40O8/c1-6-9-12-25-19-18(15-28-16(4)23)30-22(29-17(5)24)21(27-14-11-8-3)20(19)26-13-10-7-2/h18-22H,6-15H2,1-5H3/t18?,19-,20?,21+,22-/m1/s1. The van der Waals surface area contributed by atoms with Crippen LogP contribution in [-0.4, -0.2) is 69.1 Å². The van der Waals surface area contributed by atoms with E-state index in [1.54, 1.807) is 0 Å². The largest absolute Gasteiger partial charge is 0.463 e. The van der Waals surface area contributed by atoms with E-state index in [-0.39, 0.29) is 6.61 Å². The number of hydrogen-bond acceptors (Lipinski definition) is 8. The Morgan fingerprint density at radius 2 is 1.23 bits per heavy atom. The third-order valence-electron chi connectivity index (χ3n) is 4.75. The SMILES string of the molecule is CCCCOC1[C@H](OCCCC)C(COC(C)=O)O[C@@H](OC(C)=O)[C@H]1OCCCC. The number of esters is 2. The second-order valence-electron chi connectivity index (χ2n) is 7.52. The van der Waals surface area contributed by atoms with Crippen molar-refractivity contribution in [2.45, 2.75) is 104 Å². The van der Waals surface area contributed by atoms with Crippen LogP contribution >= 0.6 is 0 Å². The van der Waals surface area contributed by atoms with E-state index in [0.29, 0.717) is 19.8 Å². The first kappa shape index (κ1) is 26.8. The maximum absolute atomic E-state index is 11.7. The Labute approximate surface area is 180 Å².